The number of anilines is 1. The summed E-state index contributed by atoms with van der Waals surface area (Å²) in [6.07, 6.45) is 0. The average molecular weight is 362 g/mol. The van der Waals surface area contributed by atoms with Crippen molar-refractivity contribution in [1.82, 2.24) is 15.6 Å². The lowest BCUT2D eigenvalue weighted by Crippen LogP contribution is -2.34. The van der Waals surface area contributed by atoms with Gasteiger partial charge in [0.1, 0.15) is 5.82 Å². The molecule has 0 aliphatic heterocycles. The van der Waals surface area contributed by atoms with Gasteiger partial charge >= 0.3 is 0 Å². The third-order valence-electron chi connectivity index (χ3n) is 3.34. The topological polar surface area (TPSA) is 92.3 Å². The number of hydrogen-bond donors (Lipinski definition) is 3. The molecule has 0 saturated carbocycles. The molecule has 7 nitrogen and oxygen atoms in total. The van der Waals surface area contributed by atoms with E-state index in [-0.39, 0.29) is 11.8 Å². The quantitative estimate of drug-likeness (QED) is 0.591. The van der Waals surface area contributed by atoms with Gasteiger partial charge in [-0.1, -0.05) is 0 Å². The van der Waals surface area contributed by atoms with Gasteiger partial charge in [0, 0.05) is 44.6 Å². The third kappa shape index (κ3) is 5.84. The zero-order chi connectivity index (χ0) is 18.1. The van der Waals surface area contributed by atoms with Crippen molar-refractivity contribution >= 4 is 29.0 Å². The molecule has 2 heterocycles. The fourth-order valence-corrected chi connectivity index (χ4v) is 2.78. The highest BCUT2D eigenvalue weighted by Gasteiger charge is 2.14. The van der Waals surface area contributed by atoms with Crippen LogP contribution >= 0.6 is 11.3 Å². The molecular weight excluding hydrogens is 340 g/mol. The van der Waals surface area contributed by atoms with Crippen LogP contribution in [0, 0.1) is 0 Å². The van der Waals surface area contributed by atoms with Crippen LogP contribution in [-0.4, -0.2) is 50.1 Å². The first-order chi connectivity index (χ1) is 12.1. The van der Waals surface area contributed by atoms with E-state index in [1.54, 1.807) is 24.5 Å². The van der Waals surface area contributed by atoms with E-state index in [0.29, 0.717) is 37.6 Å². The second-order valence-electron chi connectivity index (χ2n) is 5.26. The molecule has 0 spiro atoms. The molecule has 0 fully saturated rings. The number of nitrogens with zero attached hydrogens (tertiary/aromatic N) is 1. The van der Waals surface area contributed by atoms with Gasteiger partial charge < -0.3 is 20.7 Å². The Hall–Kier alpha value is -2.45. The van der Waals surface area contributed by atoms with Crippen molar-refractivity contribution in [2.24, 2.45) is 0 Å². The Labute approximate surface area is 150 Å². The van der Waals surface area contributed by atoms with Gasteiger partial charge in [-0.05, 0) is 23.6 Å². The first-order valence-electron chi connectivity index (χ1n) is 7.91. The molecule has 0 aliphatic carbocycles. The fraction of sp³-hybridized carbons (Fsp3) is 0.353. The zero-order valence-corrected chi connectivity index (χ0v) is 15.1. The van der Waals surface area contributed by atoms with Crippen molar-refractivity contribution in [3.8, 4) is 11.3 Å². The van der Waals surface area contributed by atoms with E-state index in [1.807, 2.05) is 22.9 Å². The minimum absolute atomic E-state index is 0.127. The molecule has 0 unspecified atom stereocenters. The molecule has 3 N–H and O–H groups in total. The predicted octanol–water partition coefficient (Wildman–Crippen LogP) is 1.73. The van der Waals surface area contributed by atoms with Crippen molar-refractivity contribution in [1.29, 1.82) is 0 Å². The van der Waals surface area contributed by atoms with E-state index >= 15 is 0 Å². The second-order valence-corrected chi connectivity index (χ2v) is 6.04. The number of rotatable bonds is 9. The van der Waals surface area contributed by atoms with Crippen LogP contribution in [-0.2, 0) is 9.53 Å². The predicted molar refractivity (Wildman–Crippen MR) is 98.9 cm³/mol. The summed E-state index contributed by atoms with van der Waals surface area (Å²) < 4.78 is 5.04. The first kappa shape index (κ1) is 18.9. The molecule has 0 atom stereocenters. The van der Waals surface area contributed by atoms with Gasteiger partial charge in [-0.25, -0.2) is 4.98 Å². The molecular formula is C17H22N4O3S. The Morgan fingerprint density at radius 1 is 1.16 bits per heavy atom. The Morgan fingerprint density at radius 2 is 1.96 bits per heavy atom. The number of nitrogens with one attached hydrogen (secondary N) is 3. The summed E-state index contributed by atoms with van der Waals surface area (Å²) in [5.41, 5.74) is 2.27. The van der Waals surface area contributed by atoms with Crippen molar-refractivity contribution in [2.45, 2.75) is 6.92 Å². The number of methoxy groups -OCH3 is 1. The molecule has 2 rings (SSSR count). The molecule has 2 aromatic heterocycles. The van der Waals surface area contributed by atoms with Gasteiger partial charge in [0.25, 0.3) is 5.91 Å². The summed E-state index contributed by atoms with van der Waals surface area (Å²) in [4.78, 5) is 27.8. The van der Waals surface area contributed by atoms with Gasteiger partial charge in [0.2, 0.25) is 5.91 Å². The molecule has 0 aromatic carbocycles. The first-order valence-corrected chi connectivity index (χ1v) is 8.85. The van der Waals surface area contributed by atoms with Gasteiger partial charge in [-0.15, -0.1) is 0 Å². The molecule has 0 radical (unpaired) electrons. The van der Waals surface area contributed by atoms with Gasteiger partial charge in [0.05, 0.1) is 17.9 Å². The van der Waals surface area contributed by atoms with Crippen LogP contribution in [0.4, 0.5) is 5.82 Å². The Morgan fingerprint density at radius 3 is 2.64 bits per heavy atom. The monoisotopic (exact) mass is 362 g/mol. The summed E-state index contributed by atoms with van der Waals surface area (Å²) in [6, 6.07) is 5.56. The van der Waals surface area contributed by atoms with Crippen molar-refractivity contribution < 1.29 is 14.3 Å². The molecule has 25 heavy (non-hydrogen) atoms. The smallest absolute Gasteiger partial charge is 0.255 e. The SMILES string of the molecule is COCCNc1nc(-c2ccsc2)ccc1C(=O)NCCNC(C)=O. The van der Waals surface area contributed by atoms with Crippen LogP contribution in [0.1, 0.15) is 17.3 Å². The van der Waals surface area contributed by atoms with E-state index in [0.717, 1.165) is 11.3 Å². The largest absolute Gasteiger partial charge is 0.383 e. The Bertz CT molecular complexity index is 704. The molecule has 0 aliphatic rings. The van der Waals surface area contributed by atoms with E-state index in [2.05, 4.69) is 20.9 Å². The number of ether oxygens (including phenoxy) is 1. The number of amides is 2. The molecule has 0 saturated heterocycles. The highest BCUT2D eigenvalue weighted by molar-refractivity contribution is 7.08. The van der Waals surface area contributed by atoms with E-state index in [9.17, 15) is 9.59 Å². The highest BCUT2D eigenvalue weighted by Crippen LogP contribution is 2.23. The van der Waals surface area contributed by atoms with Crippen molar-refractivity contribution in [3.63, 3.8) is 0 Å². The number of pyridine rings is 1. The number of hydrogen-bond acceptors (Lipinski definition) is 6. The number of carbonyl (C=O) groups excluding carboxylic acids is 2. The molecule has 0 bridgehead atoms. The van der Waals surface area contributed by atoms with Gasteiger partial charge in [-0.2, -0.15) is 11.3 Å². The number of aromatic nitrogens is 1. The maximum absolute atomic E-state index is 12.4. The summed E-state index contributed by atoms with van der Waals surface area (Å²) in [5.74, 6) is 0.144. The minimum Gasteiger partial charge on any atom is -0.383 e. The molecule has 2 amide bonds. The van der Waals surface area contributed by atoms with Crippen LogP contribution in [0.3, 0.4) is 0 Å². The lowest BCUT2D eigenvalue weighted by molar-refractivity contribution is -0.118. The number of thiophene rings is 1. The Kier molecular flexibility index (Phi) is 7.36. The standard InChI is InChI=1S/C17H22N4O3S/c1-12(22)18-6-7-20-17(23)14-3-4-15(13-5-10-25-11-13)21-16(14)19-8-9-24-2/h3-5,10-11H,6-9H2,1-2H3,(H,18,22)(H,19,21)(H,20,23). The summed E-state index contributed by atoms with van der Waals surface area (Å²) in [7, 11) is 1.62. The third-order valence-corrected chi connectivity index (χ3v) is 4.02. The Balaban J connectivity index is 2.11. The van der Waals surface area contributed by atoms with Crippen LogP contribution < -0.4 is 16.0 Å². The molecule has 134 valence electrons. The highest BCUT2D eigenvalue weighted by atomic mass is 32.1. The van der Waals surface area contributed by atoms with E-state index < -0.39 is 0 Å². The van der Waals surface area contributed by atoms with Crippen molar-refractivity contribution in [3.05, 3.63) is 34.5 Å². The normalized spacial score (nSPS) is 10.3. The summed E-state index contributed by atoms with van der Waals surface area (Å²) in [6.45, 7) is 3.22. The van der Waals surface area contributed by atoms with Gasteiger partial charge in [0.15, 0.2) is 0 Å². The zero-order valence-electron chi connectivity index (χ0n) is 14.3. The summed E-state index contributed by atoms with van der Waals surface area (Å²) >= 11 is 1.59. The second kappa shape index (κ2) is 9.75. The van der Waals surface area contributed by atoms with Crippen LogP contribution in [0.5, 0.6) is 0 Å². The molecule has 2 aromatic rings. The lowest BCUT2D eigenvalue weighted by Gasteiger charge is -2.13. The maximum Gasteiger partial charge on any atom is 0.255 e. The average Bonchev–Trinajstić information content (AvgIpc) is 3.13. The van der Waals surface area contributed by atoms with Crippen LogP contribution in [0.2, 0.25) is 0 Å². The number of carbonyl (C=O) groups is 2. The van der Waals surface area contributed by atoms with E-state index in [4.69, 9.17) is 4.74 Å². The minimum atomic E-state index is -0.241. The lowest BCUT2D eigenvalue weighted by atomic mass is 10.1. The fourth-order valence-electron chi connectivity index (χ4n) is 2.13. The van der Waals surface area contributed by atoms with Crippen LogP contribution in [0.15, 0.2) is 29.0 Å². The van der Waals surface area contributed by atoms with Crippen LogP contribution in [0.25, 0.3) is 11.3 Å². The summed E-state index contributed by atoms with van der Waals surface area (Å²) in [5, 5.41) is 12.5. The molecule has 8 heteroatoms. The van der Waals surface area contributed by atoms with E-state index in [1.165, 1.54) is 6.92 Å². The maximum atomic E-state index is 12.4. The van der Waals surface area contributed by atoms with Gasteiger partial charge in [-0.3, -0.25) is 9.59 Å². The van der Waals surface area contributed by atoms with Crippen molar-refractivity contribution in [2.75, 3.05) is 38.7 Å².